The minimum absolute atomic E-state index is 0.00966. The van der Waals surface area contributed by atoms with Crippen LogP contribution >= 0.6 is 0 Å². The molecule has 0 radical (unpaired) electrons. The normalized spacial score (nSPS) is 21.4. The standard InChI is InChI=1S/C20H31FN2O3/c1-15-12-23(13-16(2)26-15)20(3,4)14-22-19(24)10-7-11-25-18-9-6-5-8-17(18)21/h5-6,8-9,15-16H,7,10-14H2,1-4H3,(H,22,24)/t15-,16-/m1/s1. The topological polar surface area (TPSA) is 50.8 Å². The van der Waals surface area contributed by atoms with Crippen LogP contribution in [0, 0.1) is 5.82 Å². The van der Waals surface area contributed by atoms with Crippen molar-refractivity contribution in [3.05, 3.63) is 30.1 Å². The highest BCUT2D eigenvalue weighted by Crippen LogP contribution is 2.20. The first-order chi connectivity index (χ1) is 12.3. The van der Waals surface area contributed by atoms with Gasteiger partial charge in [-0.3, -0.25) is 9.69 Å². The van der Waals surface area contributed by atoms with Gasteiger partial charge >= 0.3 is 0 Å². The molecular weight excluding hydrogens is 335 g/mol. The molecule has 6 heteroatoms. The van der Waals surface area contributed by atoms with E-state index in [0.29, 0.717) is 26.0 Å². The van der Waals surface area contributed by atoms with Crippen molar-refractivity contribution in [3.8, 4) is 5.75 Å². The molecule has 0 spiro atoms. The maximum Gasteiger partial charge on any atom is 0.220 e. The van der Waals surface area contributed by atoms with Crippen molar-refractivity contribution >= 4 is 5.91 Å². The lowest BCUT2D eigenvalue weighted by atomic mass is 10.00. The van der Waals surface area contributed by atoms with Crippen LogP contribution in [0.5, 0.6) is 5.75 Å². The number of amides is 1. The molecule has 1 aliphatic heterocycles. The molecule has 1 fully saturated rings. The molecule has 2 rings (SSSR count). The second kappa shape index (κ2) is 9.33. The summed E-state index contributed by atoms with van der Waals surface area (Å²) in [6.45, 7) is 11.1. The zero-order valence-corrected chi connectivity index (χ0v) is 16.3. The lowest BCUT2D eigenvalue weighted by Gasteiger charge is -2.45. The molecule has 0 saturated carbocycles. The Labute approximate surface area is 155 Å². The Hall–Kier alpha value is -1.66. The van der Waals surface area contributed by atoms with Gasteiger partial charge in [0.05, 0.1) is 18.8 Å². The summed E-state index contributed by atoms with van der Waals surface area (Å²) in [5.41, 5.74) is -0.133. The van der Waals surface area contributed by atoms with E-state index < -0.39 is 0 Å². The van der Waals surface area contributed by atoms with Gasteiger partial charge in [-0.15, -0.1) is 0 Å². The quantitative estimate of drug-likeness (QED) is 0.719. The van der Waals surface area contributed by atoms with Gasteiger partial charge in [-0.2, -0.15) is 0 Å². The fourth-order valence-electron chi connectivity index (χ4n) is 3.16. The highest BCUT2D eigenvalue weighted by Gasteiger charge is 2.33. The van der Waals surface area contributed by atoms with Crippen LogP contribution in [0.1, 0.15) is 40.5 Å². The first-order valence-corrected chi connectivity index (χ1v) is 9.32. The molecule has 0 aliphatic carbocycles. The number of morpholine rings is 1. The van der Waals surface area contributed by atoms with Crippen LogP contribution in [-0.4, -0.2) is 54.8 Å². The zero-order valence-electron chi connectivity index (χ0n) is 16.3. The summed E-state index contributed by atoms with van der Waals surface area (Å²) in [6, 6.07) is 6.29. The second-order valence-electron chi connectivity index (χ2n) is 7.63. The number of nitrogens with zero attached hydrogens (tertiary/aromatic N) is 1. The lowest BCUT2D eigenvalue weighted by molar-refractivity contribution is -0.123. The number of hydrogen-bond acceptors (Lipinski definition) is 4. The molecule has 0 bridgehead atoms. The second-order valence-corrected chi connectivity index (χ2v) is 7.63. The third kappa shape index (κ3) is 6.25. The maximum absolute atomic E-state index is 13.4. The van der Waals surface area contributed by atoms with Crippen LogP contribution in [0.3, 0.4) is 0 Å². The van der Waals surface area contributed by atoms with E-state index in [0.717, 1.165) is 13.1 Å². The van der Waals surface area contributed by atoms with Crippen LogP contribution < -0.4 is 10.1 Å². The van der Waals surface area contributed by atoms with E-state index in [1.165, 1.54) is 6.07 Å². The monoisotopic (exact) mass is 366 g/mol. The van der Waals surface area contributed by atoms with Gasteiger partial charge in [0, 0.05) is 31.6 Å². The number of benzene rings is 1. The van der Waals surface area contributed by atoms with Crippen LogP contribution in [0.15, 0.2) is 24.3 Å². The van der Waals surface area contributed by atoms with Crippen molar-refractivity contribution in [2.24, 2.45) is 0 Å². The van der Waals surface area contributed by atoms with Gasteiger partial charge < -0.3 is 14.8 Å². The number of carbonyl (C=O) groups excluding carboxylic acids is 1. The molecular formula is C20H31FN2O3. The number of ether oxygens (including phenoxy) is 2. The number of carbonyl (C=O) groups is 1. The molecule has 0 unspecified atom stereocenters. The van der Waals surface area contributed by atoms with E-state index >= 15 is 0 Å². The van der Waals surface area contributed by atoms with Crippen molar-refractivity contribution in [2.45, 2.75) is 58.3 Å². The SMILES string of the molecule is C[C@@H]1CN(C(C)(C)CNC(=O)CCCOc2ccccc2F)C[C@@H](C)O1. The molecule has 5 nitrogen and oxygen atoms in total. The molecule has 1 heterocycles. The number of rotatable bonds is 8. The van der Waals surface area contributed by atoms with E-state index in [-0.39, 0.29) is 35.2 Å². The summed E-state index contributed by atoms with van der Waals surface area (Å²) in [4.78, 5) is 14.5. The van der Waals surface area contributed by atoms with E-state index in [4.69, 9.17) is 9.47 Å². The largest absolute Gasteiger partial charge is 0.491 e. The predicted octanol–water partition coefficient (Wildman–Crippen LogP) is 2.99. The van der Waals surface area contributed by atoms with Crippen LogP contribution in [0.25, 0.3) is 0 Å². The Bertz CT molecular complexity index is 584. The first-order valence-electron chi connectivity index (χ1n) is 9.32. The molecule has 1 aromatic carbocycles. The van der Waals surface area contributed by atoms with E-state index in [1.54, 1.807) is 18.2 Å². The highest BCUT2D eigenvalue weighted by molar-refractivity contribution is 5.75. The van der Waals surface area contributed by atoms with Crippen molar-refractivity contribution in [3.63, 3.8) is 0 Å². The number of para-hydroxylation sites is 1. The summed E-state index contributed by atoms with van der Waals surface area (Å²) >= 11 is 0. The van der Waals surface area contributed by atoms with Gasteiger partial charge in [0.25, 0.3) is 0 Å². The lowest BCUT2D eigenvalue weighted by Crippen LogP contribution is -2.58. The Morgan fingerprint density at radius 3 is 2.62 bits per heavy atom. The fraction of sp³-hybridized carbons (Fsp3) is 0.650. The molecule has 0 aromatic heterocycles. The molecule has 26 heavy (non-hydrogen) atoms. The minimum atomic E-state index is -0.382. The number of halogens is 1. The molecule has 1 aromatic rings. The van der Waals surface area contributed by atoms with Crippen molar-refractivity contribution in [2.75, 3.05) is 26.2 Å². The molecule has 1 aliphatic rings. The van der Waals surface area contributed by atoms with Gasteiger partial charge in [-0.05, 0) is 46.2 Å². The summed E-state index contributed by atoms with van der Waals surface area (Å²) in [7, 11) is 0. The van der Waals surface area contributed by atoms with E-state index in [1.807, 2.05) is 0 Å². The first kappa shape index (κ1) is 20.6. The van der Waals surface area contributed by atoms with Crippen LogP contribution in [-0.2, 0) is 9.53 Å². The van der Waals surface area contributed by atoms with Gasteiger partial charge in [0.2, 0.25) is 5.91 Å². The minimum Gasteiger partial charge on any atom is -0.491 e. The fourth-order valence-corrected chi connectivity index (χ4v) is 3.16. The Morgan fingerprint density at radius 2 is 1.96 bits per heavy atom. The summed E-state index contributed by atoms with van der Waals surface area (Å²) in [5, 5.41) is 3.01. The molecule has 1 amide bonds. The van der Waals surface area contributed by atoms with Gasteiger partial charge in [0.1, 0.15) is 0 Å². The van der Waals surface area contributed by atoms with Gasteiger partial charge in [0.15, 0.2) is 11.6 Å². The highest BCUT2D eigenvalue weighted by atomic mass is 19.1. The third-order valence-corrected chi connectivity index (χ3v) is 4.64. The number of hydrogen-bond donors (Lipinski definition) is 1. The molecule has 1 saturated heterocycles. The smallest absolute Gasteiger partial charge is 0.220 e. The average Bonchev–Trinajstić information content (AvgIpc) is 2.57. The van der Waals surface area contributed by atoms with Crippen molar-refractivity contribution in [1.29, 1.82) is 0 Å². The van der Waals surface area contributed by atoms with E-state index in [9.17, 15) is 9.18 Å². The van der Waals surface area contributed by atoms with Gasteiger partial charge in [-0.25, -0.2) is 4.39 Å². The number of nitrogens with one attached hydrogen (secondary N) is 1. The third-order valence-electron chi connectivity index (χ3n) is 4.64. The predicted molar refractivity (Wildman–Crippen MR) is 99.8 cm³/mol. The zero-order chi connectivity index (χ0) is 19.2. The van der Waals surface area contributed by atoms with Crippen molar-refractivity contribution < 1.29 is 18.7 Å². The molecule has 1 N–H and O–H groups in total. The summed E-state index contributed by atoms with van der Waals surface area (Å²) < 4.78 is 24.6. The van der Waals surface area contributed by atoms with Crippen LogP contribution in [0.4, 0.5) is 4.39 Å². The van der Waals surface area contributed by atoms with E-state index in [2.05, 4.69) is 37.9 Å². The molecule has 2 atom stereocenters. The molecule has 146 valence electrons. The van der Waals surface area contributed by atoms with Gasteiger partial charge in [-0.1, -0.05) is 12.1 Å². The average molecular weight is 366 g/mol. The summed E-state index contributed by atoms with van der Waals surface area (Å²) in [6.07, 6.45) is 1.31. The van der Waals surface area contributed by atoms with Crippen molar-refractivity contribution in [1.82, 2.24) is 10.2 Å². The Morgan fingerprint density at radius 1 is 1.31 bits per heavy atom. The van der Waals surface area contributed by atoms with Crippen LogP contribution in [0.2, 0.25) is 0 Å². The maximum atomic E-state index is 13.4. The summed E-state index contributed by atoms with van der Waals surface area (Å²) in [5.74, 6) is -0.165. The Balaban J connectivity index is 1.68. The Kier molecular flexibility index (Phi) is 7.41.